The molecule has 3 aromatic carbocycles. The van der Waals surface area contributed by atoms with Crippen molar-refractivity contribution in [2.45, 2.75) is 6.10 Å². The highest BCUT2D eigenvalue weighted by Gasteiger charge is 2.27. The molecule has 0 fully saturated rings. The van der Waals surface area contributed by atoms with Gasteiger partial charge in [0.2, 0.25) is 6.10 Å². The lowest BCUT2D eigenvalue weighted by atomic mass is 10.1. The van der Waals surface area contributed by atoms with Crippen LogP contribution in [0.15, 0.2) is 65.8 Å². The second kappa shape index (κ2) is 8.52. The maximum absolute atomic E-state index is 12.4. The van der Waals surface area contributed by atoms with Crippen LogP contribution in [-0.2, 0) is 9.59 Å². The number of carbonyl (C=O) groups is 2. The van der Waals surface area contributed by atoms with Gasteiger partial charge in [0, 0.05) is 5.56 Å². The van der Waals surface area contributed by atoms with Crippen molar-refractivity contribution in [2.24, 2.45) is 5.10 Å². The summed E-state index contributed by atoms with van der Waals surface area (Å²) in [6.45, 7) is -0.413. The number of amides is 1. The average molecular weight is 406 g/mol. The standard InChI is InChI=1S/C22H18N2O6/c25-21(26)13-29-17-8-4-3-7-16(17)11-23-24-22(27)20-12-28-18-9-14-5-1-2-6-15(14)10-19(18)30-20/h1-11,20H,12-13H2,(H,24,27)(H,25,26)/b23-11-. The van der Waals surface area contributed by atoms with E-state index in [1.807, 2.05) is 36.4 Å². The lowest BCUT2D eigenvalue weighted by molar-refractivity contribution is -0.139. The van der Waals surface area contributed by atoms with Crippen LogP contribution in [0.4, 0.5) is 0 Å². The normalized spacial score (nSPS) is 15.1. The predicted octanol–water partition coefficient (Wildman–Crippen LogP) is 2.59. The highest BCUT2D eigenvalue weighted by molar-refractivity contribution is 5.88. The van der Waals surface area contributed by atoms with Gasteiger partial charge in [0.15, 0.2) is 18.1 Å². The fraction of sp³-hybridized carbons (Fsp3) is 0.136. The number of benzene rings is 3. The van der Waals surface area contributed by atoms with Crippen molar-refractivity contribution in [3.63, 3.8) is 0 Å². The van der Waals surface area contributed by atoms with Crippen LogP contribution in [0.5, 0.6) is 17.2 Å². The Morgan fingerprint density at radius 1 is 1.10 bits per heavy atom. The van der Waals surface area contributed by atoms with E-state index in [9.17, 15) is 9.59 Å². The van der Waals surface area contributed by atoms with E-state index in [-0.39, 0.29) is 6.61 Å². The number of nitrogens with one attached hydrogen (secondary N) is 1. The summed E-state index contributed by atoms with van der Waals surface area (Å²) in [5.74, 6) is -0.121. The smallest absolute Gasteiger partial charge is 0.341 e. The van der Waals surface area contributed by atoms with Crippen LogP contribution in [0.1, 0.15) is 5.56 Å². The molecule has 0 bridgehead atoms. The number of hydrogen-bond acceptors (Lipinski definition) is 6. The van der Waals surface area contributed by atoms with Gasteiger partial charge >= 0.3 is 5.97 Å². The molecule has 152 valence electrons. The fourth-order valence-corrected chi connectivity index (χ4v) is 2.98. The van der Waals surface area contributed by atoms with E-state index < -0.39 is 24.6 Å². The Bertz CT molecular complexity index is 1130. The van der Waals surface area contributed by atoms with E-state index in [0.717, 1.165) is 10.8 Å². The van der Waals surface area contributed by atoms with Gasteiger partial charge < -0.3 is 19.3 Å². The summed E-state index contributed by atoms with van der Waals surface area (Å²) in [6.07, 6.45) is 0.523. The molecule has 1 aliphatic rings. The number of carbonyl (C=O) groups excluding carboxylic acids is 1. The van der Waals surface area contributed by atoms with Crippen molar-refractivity contribution in [2.75, 3.05) is 13.2 Å². The lowest BCUT2D eigenvalue weighted by Gasteiger charge is -2.25. The first kappa shape index (κ1) is 19.3. The van der Waals surface area contributed by atoms with E-state index in [1.54, 1.807) is 24.3 Å². The summed E-state index contributed by atoms with van der Waals surface area (Å²) >= 11 is 0. The molecule has 1 heterocycles. The summed E-state index contributed by atoms with van der Waals surface area (Å²) in [5.41, 5.74) is 2.94. The Morgan fingerprint density at radius 3 is 2.57 bits per heavy atom. The molecule has 0 saturated carbocycles. The van der Waals surface area contributed by atoms with Crippen LogP contribution in [0.25, 0.3) is 10.8 Å². The zero-order chi connectivity index (χ0) is 20.9. The SMILES string of the molecule is O=C(O)COc1ccccc1/C=N\NC(=O)C1COc2cc3ccccc3cc2O1. The number of para-hydroxylation sites is 1. The fourth-order valence-electron chi connectivity index (χ4n) is 2.98. The van der Waals surface area contributed by atoms with Gasteiger partial charge in [-0.3, -0.25) is 4.79 Å². The third-order valence-corrected chi connectivity index (χ3v) is 4.41. The van der Waals surface area contributed by atoms with Gasteiger partial charge in [-0.05, 0) is 35.0 Å². The van der Waals surface area contributed by atoms with E-state index in [4.69, 9.17) is 19.3 Å². The molecule has 1 amide bonds. The van der Waals surface area contributed by atoms with Crippen LogP contribution in [0, 0.1) is 0 Å². The van der Waals surface area contributed by atoms with Gasteiger partial charge in [-0.1, -0.05) is 36.4 Å². The van der Waals surface area contributed by atoms with Crippen LogP contribution >= 0.6 is 0 Å². The Labute approximate surface area is 171 Å². The Kier molecular flexibility index (Phi) is 5.47. The van der Waals surface area contributed by atoms with Gasteiger partial charge in [0.05, 0.1) is 6.21 Å². The molecule has 3 aromatic rings. The third-order valence-electron chi connectivity index (χ3n) is 4.41. The zero-order valence-corrected chi connectivity index (χ0v) is 15.8. The molecule has 1 aliphatic heterocycles. The van der Waals surface area contributed by atoms with Crippen LogP contribution < -0.4 is 19.6 Å². The van der Waals surface area contributed by atoms with Crippen LogP contribution in [0.2, 0.25) is 0 Å². The molecule has 0 spiro atoms. The van der Waals surface area contributed by atoms with Gasteiger partial charge in [0.1, 0.15) is 12.4 Å². The van der Waals surface area contributed by atoms with Gasteiger partial charge in [-0.15, -0.1) is 0 Å². The average Bonchev–Trinajstić information content (AvgIpc) is 2.76. The second-order valence-corrected chi connectivity index (χ2v) is 6.52. The largest absolute Gasteiger partial charge is 0.485 e. The first-order chi connectivity index (χ1) is 14.6. The molecule has 30 heavy (non-hydrogen) atoms. The Hall–Kier alpha value is -4.07. The molecule has 8 nitrogen and oxygen atoms in total. The predicted molar refractivity (Wildman–Crippen MR) is 109 cm³/mol. The Morgan fingerprint density at radius 2 is 1.80 bits per heavy atom. The topological polar surface area (TPSA) is 106 Å². The molecule has 1 atom stereocenters. The highest BCUT2D eigenvalue weighted by atomic mass is 16.6. The number of hydrazone groups is 1. The van der Waals surface area contributed by atoms with Gasteiger partial charge in [-0.2, -0.15) is 5.10 Å². The summed E-state index contributed by atoms with van der Waals surface area (Å²) in [7, 11) is 0. The van der Waals surface area contributed by atoms with Crippen molar-refractivity contribution >= 4 is 28.9 Å². The third kappa shape index (κ3) is 4.33. The van der Waals surface area contributed by atoms with Crippen LogP contribution in [0.3, 0.4) is 0 Å². The molecular formula is C22H18N2O6. The zero-order valence-electron chi connectivity index (χ0n) is 15.8. The number of aliphatic carboxylic acids is 1. The molecule has 8 heteroatoms. The first-order valence-electron chi connectivity index (χ1n) is 9.19. The number of fused-ring (bicyclic) bond motifs is 2. The minimum absolute atomic E-state index is 0.0605. The van der Waals surface area contributed by atoms with Crippen molar-refractivity contribution in [3.8, 4) is 17.2 Å². The monoisotopic (exact) mass is 406 g/mol. The molecule has 0 aliphatic carbocycles. The van der Waals surface area contributed by atoms with E-state index in [2.05, 4.69) is 10.5 Å². The number of hydrogen-bond donors (Lipinski definition) is 2. The van der Waals surface area contributed by atoms with Crippen molar-refractivity contribution < 1.29 is 28.9 Å². The van der Waals surface area contributed by atoms with Crippen molar-refractivity contribution in [1.29, 1.82) is 0 Å². The highest BCUT2D eigenvalue weighted by Crippen LogP contribution is 2.35. The molecule has 1 unspecified atom stereocenters. The Balaban J connectivity index is 1.41. The summed E-state index contributed by atoms with van der Waals surface area (Å²) < 4.78 is 16.7. The number of rotatable bonds is 6. The second-order valence-electron chi connectivity index (χ2n) is 6.52. The van der Waals surface area contributed by atoms with Crippen molar-refractivity contribution in [1.82, 2.24) is 5.43 Å². The van der Waals surface area contributed by atoms with E-state index in [0.29, 0.717) is 22.8 Å². The number of ether oxygens (including phenoxy) is 3. The number of carboxylic acid groups (broad SMARTS) is 1. The number of carboxylic acids is 1. The molecule has 0 aromatic heterocycles. The maximum Gasteiger partial charge on any atom is 0.341 e. The minimum Gasteiger partial charge on any atom is -0.485 e. The molecule has 2 N–H and O–H groups in total. The first-order valence-corrected chi connectivity index (χ1v) is 9.19. The van der Waals surface area contributed by atoms with Gasteiger partial charge in [-0.25, -0.2) is 10.2 Å². The molecular weight excluding hydrogens is 388 g/mol. The van der Waals surface area contributed by atoms with E-state index in [1.165, 1.54) is 6.21 Å². The molecule has 4 rings (SSSR count). The van der Waals surface area contributed by atoms with E-state index >= 15 is 0 Å². The van der Waals surface area contributed by atoms with Gasteiger partial charge in [0.25, 0.3) is 5.91 Å². The summed E-state index contributed by atoms with van der Waals surface area (Å²) in [4.78, 5) is 23.1. The molecule has 0 saturated heterocycles. The number of nitrogens with zero attached hydrogens (tertiary/aromatic N) is 1. The maximum atomic E-state index is 12.4. The minimum atomic E-state index is -1.09. The van der Waals surface area contributed by atoms with Crippen molar-refractivity contribution in [3.05, 3.63) is 66.2 Å². The summed E-state index contributed by atoms with van der Waals surface area (Å²) in [5, 5.41) is 14.7. The van der Waals surface area contributed by atoms with Crippen LogP contribution in [-0.4, -0.2) is 42.5 Å². The summed E-state index contributed by atoms with van der Waals surface area (Å²) in [6, 6.07) is 18.3. The quantitative estimate of drug-likeness (QED) is 0.481. The molecule has 0 radical (unpaired) electrons. The lowest BCUT2D eigenvalue weighted by Crippen LogP contribution is -2.42.